The van der Waals surface area contributed by atoms with Crippen molar-refractivity contribution in [3.05, 3.63) is 98.5 Å². The first-order chi connectivity index (χ1) is 21.7. The van der Waals surface area contributed by atoms with E-state index in [4.69, 9.17) is 16.3 Å². The standard InChI is InChI=1S/C40H47ClN4O/c1-9-10-11-14-21-45-34-16-13-12-15-33(34)39(5,6)35(45)20-18-28-23-30(38(2,3)4)22-27(36(28)41)17-19-32-31(26-44)37(29(24-42)25-43)46-40(32,7)8/h12-13,15-20,30H,9-11,14,21-23H2,1-8H3/b19-17+,28-18-,35-20-. The van der Waals surface area contributed by atoms with E-state index < -0.39 is 5.60 Å². The van der Waals surface area contributed by atoms with Gasteiger partial charge in [-0.15, -0.1) is 0 Å². The lowest BCUT2D eigenvalue weighted by atomic mass is 9.70. The Labute approximate surface area is 281 Å². The molecule has 0 radical (unpaired) electrons. The van der Waals surface area contributed by atoms with Crippen LogP contribution in [0.3, 0.4) is 0 Å². The Morgan fingerprint density at radius 1 is 1.00 bits per heavy atom. The molecule has 3 aliphatic rings. The lowest BCUT2D eigenvalue weighted by molar-refractivity contribution is 0.0954. The van der Waals surface area contributed by atoms with Gasteiger partial charge in [-0.05, 0) is 73.3 Å². The number of ether oxygens (including phenoxy) is 1. The second kappa shape index (κ2) is 13.8. The molecule has 0 N–H and O–H groups in total. The number of nitriles is 3. The predicted molar refractivity (Wildman–Crippen MR) is 187 cm³/mol. The molecule has 0 aromatic heterocycles. The number of allylic oxidation sites excluding steroid dienone is 9. The number of benzene rings is 1. The van der Waals surface area contributed by atoms with Gasteiger partial charge >= 0.3 is 0 Å². The quantitative estimate of drug-likeness (QED) is 0.210. The minimum atomic E-state index is -0.881. The van der Waals surface area contributed by atoms with Crippen molar-refractivity contribution in [1.29, 1.82) is 15.8 Å². The highest BCUT2D eigenvalue weighted by molar-refractivity contribution is 6.32. The number of hydrogen-bond acceptors (Lipinski definition) is 5. The van der Waals surface area contributed by atoms with Gasteiger partial charge in [0.2, 0.25) is 0 Å². The molecule has 2 heterocycles. The van der Waals surface area contributed by atoms with Crippen molar-refractivity contribution in [2.45, 2.75) is 105 Å². The Morgan fingerprint density at radius 2 is 1.70 bits per heavy atom. The maximum atomic E-state index is 10.0. The molecule has 240 valence electrons. The van der Waals surface area contributed by atoms with Gasteiger partial charge in [0, 0.05) is 33.9 Å². The van der Waals surface area contributed by atoms with E-state index in [9.17, 15) is 15.8 Å². The van der Waals surface area contributed by atoms with Crippen molar-refractivity contribution in [3.8, 4) is 18.2 Å². The van der Waals surface area contributed by atoms with E-state index in [0.29, 0.717) is 11.5 Å². The van der Waals surface area contributed by atoms with Crippen LogP contribution in [0.2, 0.25) is 0 Å². The predicted octanol–water partition coefficient (Wildman–Crippen LogP) is 10.6. The van der Waals surface area contributed by atoms with Crippen molar-refractivity contribution in [3.63, 3.8) is 0 Å². The highest BCUT2D eigenvalue weighted by Gasteiger charge is 2.40. The van der Waals surface area contributed by atoms with E-state index >= 15 is 0 Å². The molecule has 1 aromatic rings. The largest absolute Gasteiger partial charge is 0.480 e. The van der Waals surface area contributed by atoms with Crippen molar-refractivity contribution in [1.82, 2.24) is 0 Å². The molecule has 6 heteroatoms. The number of hydrogen-bond donors (Lipinski definition) is 0. The van der Waals surface area contributed by atoms with E-state index in [1.165, 1.54) is 36.2 Å². The van der Waals surface area contributed by atoms with Gasteiger partial charge in [-0.2, -0.15) is 15.8 Å². The van der Waals surface area contributed by atoms with Crippen molar-refractivity contribution >= 4 is 17.3 Å². The molecule has 1 aliphatic carbocycles. The van der Waals surface area contributed by atoms with Crippen molar-refractivity contribution in [2.24, 2.45) is 11.3 Å². The number of unbranched alkanes of at least 4 members (excludes halogenated alkanes) is 3. The molecule has 0 fully saturated rings. The Kier molecular flexibility index (Phi) is 10.5. The van der Waals surface area contributed by atoms with Gasteiger partial charge in [0.1, 0.15) is 29.4 Å². The first kappa shape index (κ1) is 34.9. The summed E-state index contributed by atoms with van der Waals surface area (Å²) in [6, 6.07) is 14.7. The van der Waals surface area contributed by atoms with Gasteiger partial charge in [0.05, 0.1) is 0 Å². The van der Waals surface area contributed by atoms with Crippen LogP contribution in [-0.4, -0.2) is 12.1 Å². The van der Waals surface area contributed by atoms with Crippen LogP contribution >= 0.6 is 11.6 Å². The average molecular weight is 635 g/mol. The van der Waals surface area contributed by atoms with Gasteiger partial charge in [-0.25, -0.2) is 0 Å². The smallest absolute Gasteiger partial charge is 0.172 e. The zero-order chi connectivity index (χ0) is 33.9. The number of anilines is 1. The van der Waals surface area contributed by atoms with Crippen LogP contribution < -0.4 is 4.90 Å². The van der Waals surface area contributed by atoms with E-state index in [1.54, 1.807) is 0 Å². The lowest BCUT2D eigenvalue weighted by Crippen LogP contribution is -2.27. The Hall–Kier alpha value is -3.98. The number of rotatable bonds is 8. The number of para-hydroxylation sites is 1. The third-order valence-electron chi connectivity index (χ3n) is 9.71. The molecule has 4 rings (SSSR count). The van der Waals surface area contributed by atoms with Gasteiger partial charge in [-0.1, -0.05) is 109 Å². The SMILES string of the molecule is CCCCCCN1/C(=C\C=C2\CC(C(C)(C)C)CC(/C=C/C3=C(C#N)C(=C(C#N)C#N)OC3(C)C)=C2Cl)C(C)(C)c2ccccc21. The van der Waals surface area contributed by atoms with E-state index in [0.717, 1.165) is 42.0 Å². The topological polar surface area (TPSA) is 83.8 Å². The minimum Gasteiger partial charge on any atom is -0.480 e. The fourth-order valence-electron chi connectivity index (χ4n) is 6.81. The van der Waals surface area contributed by atoms with Gasteiger partial charge in [-0.3, -0.25) is 0 Å². The first-order valence-corrected chi connectivity index (χ1v) is 16.8. The van der Waals surface area contributed by atoms with E-state index in [2.05, 4.69) is 88.9 Å². The second-order valence-electron chi connectivity index (χ2n) is 14.7. The third-order valence-corrected chi connectivity index (χ3v) is 10.2. The van der Waals surface area contributed by atoms with Crippen LogP contribution in [-0.2, 0) is 10.2 Å². The molecule has 0 amide bonds. The summed E-state index contributed by atoms with van der Waals surface area (Å²) < 4.78 is 5.98. The summed E-state index contributed by atoms with van der Waals surface area (Å²) in [5, 5.41) is 29.6. The minimum absolute atomic E-state index is 0.0417. The zero-order valence-corrected chi connectivity index (χ0v) is 29.5. The summed E-state index contributed by atoms with van der Waals surface area (Å²) in [4.78, 5) is 2.50. The van der Waals surface area contributed by atoms with Crippen LogP contribution in [0.25, 0.3) is 0 Å². The van der Waals surface area contributed by atoms with Crippen molar-refractivity contribution in [2.75, 3.05) is 11.4 Å². The monoisotopic (exact) mass is 634 g/mol. The molecule has 0 spiro atoms. The molecule has 0 bridgehead atoms. The molecule has 5 nitrogen and oxygen atoms in total. The maximum absolute atomic E-state index is 10.0. The summed E-state index contributed by atoms with van der Waals surface area (Å²) in [5.41, 5.74) is 5.70. The van der Waals surface area contributed by atoms with E-state index in [-0.39, 0.29) is 27.7 Å². The summed E-state index contributed by atoms with van der Waals surface area (Å²) in [6.45, 7) is 18.4. The number of halogens is 1. The van der Waals surface area contributed by atoms with Gasteiger partial charge in [0.25, 0.3) is 0 Å². The van der Waals surface area contributed by atoms with Gasteiger partial charge < -0.3 is 9.64 Å². The summed E-state index contributed by atoms with van der Waals surface area (Å²) >= 11 is 7.22. The molecular formula is C40H47ClN4O. The van der Waals surface area contributed by atoms with Gasteiger partial charge in [0.15, 0.2) is 11.3 Å². The highest BCUT2D eigenvalue weighted by Crippen LogP contribution is 2.49. The zero-order valence-electron chi connectivity index (χ0n) is 28.7. The molecule has 46 heavy (non-hydrogen) atoms. The fourth-order valence-corrected chi connectivity index (χ4v) is 7.09. The van der Waals surface area contributed by atoms with Crippen LogP contribution in [0, 0.1) is 45.3 Å². The molecule has 1 aromatic carbocycles. The van der Waals surface area contributed by atoms with Crippen molar-refractivity contribution < 1.29 is 4.74 Å². The molecule has 2 aliphatic heterocycles. The molecule has 0 saturated heterocycles. The Morgan fingerprint density at radius 3 is 2.33 bits per heavy atom. The molecule has 1 atom stereocenters. The molecule has 0 saturated carbocycles. The molecular weight excluding hydrogens is 588 g/mol. The Bertz CT molecular complexity index is 1670. The average Bonchev–Trinajstić information content (AvgIpc) is 3.39. The third kappa shape index (κ3) is 6.89. The summed E-state index contributed by atoms with van der Waals surface area (Å²) in [6.07, 6.45) is 14.9. The maximum Gasteiger partial charge on any atom is 0.172 e. The second-order valence-corrected chi connectivity index (χ2v) is 15.1. The number of fused-ring (bicyclic) bond motifs is 1. The summed E-state index contributed by atoms with van der Waals surface area (Å²) in [7, 11) is 0. The number of nitrogens with zero attached hydrogens (tertiary/aromatic N) is 4. The van der Waals surface area contributed by atoms with Crippen LogP contribution in [0.15, 0.2) is 92.9 Å². The normalized spacial score (nSPS) is 22.3. The lowest BCUT2D eigenvalue weighted by Gasteiger charge is -2.36. The highest BCUT2D eigenvalue weighted by atomic mass is 35.5. The van der Waals surface area contributed by atoms with Crippen LogP contribution in [0.4, 0.5) is 5.69 Å². The summed E-state index contributed by atoms with van der Waals surface area (Å²) in [5.74, 6) is 0.398. The van der Waals surface area contributed by atoms with E-state index in [1.807, 2.05) is 38.1 Å². The Balaban J connectivity index is 1.80. The molecule has 1 unspecified atom stereocenters. The van der Waals surface area contributed by atoms with Crippen LogP contribution in [0.1, 0.15) is 99.5 Å². The fraction of sp³-hybridized carbons (Fsp3) is 0.475. The first-order valence-electron chi connectivity index (χ1n) is 16.4. The van der Waals surface area contributed by atoms with Crippen LogP contribution in [0.5, 0.6) is 0 Å².